The molecule has 1 aliphatic heterocycles. The molecule has 0 atom stereocenters. The predicted molar refractivity (Wildman–Crippen MR) is 148 cm³/mol. The second kappa shape index (κ2) is 11.5. The maximum atomic E-state index is 15.5. The normalized spacial score (nSPS) is 13.7. The molecule has 0 amide bonds. The van der Waals surface area contributed by atoms with Crippen molar-refractivity contribution >= 4 is 34.4 Å². The highest BCUT2D eigenvalue weighted by atomic mass is 35.5. The van der Waals surface area contributed by atoms with Gasteiger partial charge in [-0.15, -0.1) is 0 Å². The van der Waals surface area contributed by atoms with Gasteiger partial charge in [0.15, 0.2) is 5.78 Å². The number of benzene rings is 4. The van der Waals surface area contributed by atoms with Gasteiger partial charge in [-0.25, -0.2) is 9.24 Å². The number of rotatable bonds is 8. The van der Waals surface area contributed by atoms with Gasteiger partial charge in [0.25, 0.3) is 11.4 Å². The van der Waals surface area contributed by atoms with Crippen molar-refractivity contribution in [2.75, 3.05) is 13.2 Å². The molecule has 0 spiro atoms. The van der Waals surface area contributed by atoms with Gasteiger partial charge in [-0.2, -0.15) is 0 Å². The summed E-state index contributed by atoms with van der Waals surface area (Å²) in [6, 6.07) is 15.7. The summed E-state index contributed by atoms with van der Waals surface area (Å²) < 4.78 is 33.0. The number of phenols is 1. The zero-order chi connectivity index (χ0) is 30.9. The van der Waals surface area contributed by atoms with Crippen LogP contribution in [0.25, 0.3) is 4.85 Å². The van der Waals surface area contributed by atoms with Crippen LogP contribution in [0.2, 0.25) is 5.02 Å². The molecule has 12 nitrogen and oxygen atoms in total. The topological polar surface area (TPSA) is 156 Å². The van der Waals surface area contributed by atoms with Gasteiger partial charge in [0.2, 0.25) is 11.5 Å². The van der Waals surface area contributed by atoms with Crippen molar-refractivity contribution in [1.29, 1.82) is 0 Å². The zero-order valence-electron chi connectivity index (χ0n) is 21.7. The summed E-state index contributed by atoms with van der Waals surface area (Å²) in [4.78, 5) is 37.5. The Bertz CT molecular complexity index is 1820. The van der Waals surface area contributed by atoms with Crippen molar-refractivity contribution in [2.45, 2.75) is 5.79 Å². The monoisotopic (exact) mass is 605 g/mol. The van der Waals surface area contributed by atoms with Gasteiger partial charge in [-0.3, -0.25) is 25.0 Å². The minimum absolute atomic E-state index is 0.0117. The van der Waals surface area contributed by atoms with E-state index >= 15 is 4.39 Å². The summed E-state index contributed by atoms with van der Waals surface area (Å²) in [6.07, 6.45) is 0. The van der Waals surface area contributed by atoms with E-state index in [4.69, 9.17) is 32.4 Å². The van der Waals surface area contributed by atoms with E-state index in [1.807, 2.05) is 0 Å². The van der Waals surface area contributed by atoms with Crippen molar-refractivity contribution in [3.63, 3.8) is 0 Å². The maximum Gasteiger partial charge on any atom is 0.301 e. The number of phenolic OH excluding ortho intramolecular Hbond substituents is 1. The first-order valence-electron chi connectivity index (χ1n) is 12.3. The second-order valence-corrected chi connectivity index (χ2v) is 9.45. The van der Waals surface area contributed by atoms with Crippen LogP contribution in [0.4, 0.5) is 21.5 Å². The lowest BCUT2D eigenvalue weighted by Gasteiger charge is -2.28. The van der Waals surface area contributed by atoms with Gasteiger partial charge in [0.1, 0.15) is 22.3 Å². The highest BCUT2D eigenvalue weighted by molar-refractivity contribution is 6.32. The Kier molecular flexibility index (Phi) is 7.75. The molecule has 0 saturated carbocycles. The summed E-state index contributed by atoms with van der Waals surface area (Å²) >= 11 is 5.78. The lowest BCUT2D eigenvalue weighted by molar-refractivity contribution is -0.385. The molecule has 0 aliphatic carbocycles. The second-order valence-electron chi connectivity index (χ2n) is 9.04. The SMILES string of the molecule is [C-]#[N+]c1c(F)c(C(=O)c2ccc(Cl)c([N+](=O)[O-])c2)cc([N+](=O)[O-])c1Oc1ccc(C2(c3ccc(O)cc3)OCCO2)cc1. The molecule has 4 aromatic carbocycles. The fourth-order valence-corrected chi connectivity index (χ4v) is 4.70. The Hall–Kier alpha value is -5.42. The van der Waals surface area contributed by atoms with E-state index in [1.54, 1.807) is 24.3 Å². The van der Waals surface area contributed by atoms with Crippen LogP contribution in [-0.4, -0.2) is 34.0 Å². The van der Waals surface area contributed by atoms with Crippen molar-refractivity contribution in [3.8, 4) is 17.2 Å². The summed E-state index contributed by atoms with van der Waals surface area (Å²) in [5, 5.41) is 32.6. The minimum atomic E-state index is -1.41. The van der Waals surface area contributed by atoms with Crippen LogP contribution in [0.1, 0.15) is 27.0 Å². The van der Waals surface area contributed by atoms with E-state index in [0.717, 1.165) is 18.2 Å². The molecule has 0 aromatic heterocycles. The highest BCUT2D eigenvalue weighted by Crippen LogP contribution is 2.45. The molecule has 1 aliphatic rings. The standard InChI is InChI=1S/C29H17ClFN3O9/c1-32-26-25(31)21(27(36)16-2-11-22(30)23(14-16)33(37)38)15-24(34(39)40)28(26)43-20-9-5-18(6-10-20)29(41-12-13-42-29)17-3-7-19(35)8-4-17/h2-11,14-15,35H,12-13H2. The number of nitro benzene ring substituents is 2. The molecule has 0 bridgehead atoms. The van der Waals surface area contributed by atoms with Crippen molar-refractivity contribution in [1.82, 2.24) is 0 Å². The van der Waals surface area contributed by atoms with E-state index < -0.39 is 55.6 Å². The fraction of sp³-hybridized carbons (Fsp3) is 0.103. The largest absolute Gasteiger partial charge is 0.508 e. The molecule has 4 aromatic rings. The summed E-state index contributed by atoms with van der Waals surface area (Å²) in [7, 11) is 0. The molecule has 0 radical (unpaired) electrons. The minimum Gasteiger partial charge on any atom is -0.508 e. The van der Waals surface area contributed by atoms with Gasteiger partial charge in [0.05, 0.1) is 35.2 Å². The Morgan fingerprint density at radius 1 is 0.953 bits per heavy atom. The summed E-state index contributed by atoms with van der Waals surface area (Å²) in [5.74, 6) is -4.56. The molecular weight excluding hydrogens is 589 g/mol. The molecule has 43 heavy (non-hydrogen) atoms. The van der Waals surface area contributed by atoms with Crippen LogP contribution >= 0.6 is 11.6 Å². The third-order valence-electron chi connectivity index (χ3n) is 6.53. The van der Waals surface area contributed by atoms with E-state index in [9.17, 15) is 30.1 Å². The molecule has 1 fully saturated rings. The smallest absolute Gasteiger partial charge is 0.301 e. The quantitative estimate of drug-likeness (QED) is 0.0984. The number of hydrogen-bond acceptors (Lipinski definition) is 9. The number of nitro groups is 2. The van der Waals surface area contributed by atoms with Crippen molar-refractivity contribution < 1.29 is 38.3 Å². The maximum absolute atomic E-state index is 15.5. The number of ketones is 1. The van der Waals surface area contributed by atoms with E-state index in [-0.39, 0.29) is 35.3 Å². The average Bonchev–Trinajstić information content (AvgIpc) is 3.49. The van der Waals surface area contributed by atoms with E-state index in [0.29, 0.717) is 17.2 Å². The van der Waals surface area contributed by atoms with Gasteiger partial charge in [-0.05, 0) is 60.7 Å². The number of hydrogen-bond donors (Lipinski definition) is 1. The van der Waals surface area contributed by atoms with Crippen LogP contribution in [0, 0.1) is 32.6 Å². The molecule has 1 saturated heterocycles. The zero-order valence-corrected chi connectivity index (χ0v) is 22.4. The van der Waals surface area contributed by atoms with Crippen molar-refractivity contribution in [2.24, 2.45) is 0 Å². The lowest BCUT2D eigenvalue weighted by Crippen LogP contribution is -2.28. The number of ether oxygens (including phenoxy) is 3. The van der Waals surface area contributed by atoms with Gasteiger partial charge >= 0.3 is 5.69 Å². The van der Waals surface area contributed by atoms with Crippen LogP contribution in [0.15, 0.2) is 72.8 Å². The van der Waals surface area contributed by atoms with Gasteiger partial charge < -0.3 is 19.3 Å². The molecule has 216 valence electrons. The highest BCUT2D eigenvalue weighted by Gasteiger charge is 2.41. The Morgan fingerprint density at radius 2 is 1.53 bits per heavy atom. The van der Waals surface area contributed by atoms with Gasteiger partial charge in [-0.1, -0.05) is 11.6 Å². The average molecular weight is 606 g/mol. The number of carbonyl (C=O) groups is 1. The summed E-state index contributed by atoms with van der Waals surface area (Å²) in [5.41, 5.74) is -2.56. The third kappa shape index (κ3) is 5.33. The van der Waals surface area contributed by atoms with Crippen LogP contribution in [-0.2, 0) is 15.3 Å². The van der Waals surface area contributed by atoms with Crippen LogP contribution in [0.3, 0.4) is 0 Å². The molecule has 1 heterocycles. The first-order chi connectivity index (χ1) is 20.6. The van der Waals surface area contributed by atoms with E-state index in [2.05, 4.69) is 4.85 Å². The Balaban J connectivity index is 1.52. The number of carbonyl (C=O) groups excluding carboxylic acids is 1. The van der Waals surface area contributed by atoms with Crippen LogP contribution < -0.4 is 4.74 Å². The number of nitrogens with zero attached hydrogens (tertiary/aromatic N) is 3. The third-order valence-corrected chi connectivity index (χ3v) is 6.85. The Morgan fingerprint density at radius 3 is 2.09 bits per heavy atom. The van der Waals surface area contributed by atoms with E-state index in [1.165, 1.54) is 24.3 Å². The predicted octanol–water partition coefficient (Wildman–Crippen LogP) is 6.82. The molecule has 5 rings (SSSR count). The number of halogens is 2. The molecule has 1 N–H and O–H groups in total. The summed E-state index contributed by atoms with van der Waals surface area (Å²) in [6.45, 7) is 8.06. The van der Waals surface area contributed by atoms with Gasteiger partial charge in [0, 0.05) is 28.8 Å². The van der Waals surface area contributed by atoms with Crippen molar-refractivity contribution in [3.05, 3.63) is 138 Å². The molecule has 14 heteroatoms. The molecule has 0 unspecified atom stereocenters. The fourth-order valence-electron chi connectivity index (χ4n) is 4.52. The first-order valence-corrected chi connectivity index (χ1v) is 12.7. The lowest BCUT2D eigenvalue weighted by atomic mass is 9.97. The Labute approximate surface area is 246 Å². The first kappa shape index (κ1) is 29.1. The molecular formula is C29H17ClFN3O9. The van der Waals surface area contributed by atoms with Crippen LogP contribution in [0.5, 0.6) is 17.2 Å². The number of aromatic hydroxyl groups is 1.